The SMILES string of the molecule is COc1ccc(N)c(SCc2ccc(F)c(F)c2)c1. The first-order valence-corrected chi connectivity index (χ1v) is 6.59. The molecular formula is C14H13F2NOS. The van der Waals surface area contributed by atoms with Crippen LogP contribution in [0.4, 0.5) is 14.5 Å². The zero-order valence-electron chi connectivity index (χ0n) is 10.3. The number of hydrogen-bond donors (Lipinski definition) is 1. The van der Waals surface area contributed by atoms with E-state index in [0.717, 1.165) is 11.0 Å². The normalized spacial score (nSPS) is 10.5. The van der Waals surface area contributed by atoms with Gasteiger partial charge in [0, 0.05) is 16.3 Å². The number of rotatable bonds is 4. The Morgan fingerprint density at radius 2 is 1.89 bits per heavy atom. The van der Waals surface area contributed by atoms with Gasteiger partial charge in [0.2, 0.25) is 0 Å². The molecule has 100 valence electrons. The zero-order valence-corrected chi connectivity index (χ0v) is 11.1. The van der Waals surface area contributed by atoms with Crippen molar-refractivity contribution in [3.8, 4) is 5.75 Å². The molecule has 0 amide bonds. The Morgan fingerprint density at radius 3 is 2.58 bits per heavy atom. The summed E-state index contributed by atoms with van der Waals surface area (Å²) in [5.74, 6) is -0.456. The number of halogens is 2. The summed E-state index contributed by atoms with van der Waals surface area (Å²) in [6, 6.07) is 9.23. The van der Waals surface area contributed by atoms with Gasteiger partial charge >= 0.3 is 0 Å². The quantitative estimate of drug-likeness (QED) is 0.683. The van der Waals surface area contributed by atoms with E-state index in [0.29, 0.717) is 22.8 Å². The number of anilines is 1. The van der Waals surface area contributed by atoms with Crippen molar-refractivity contribution in [1.29, 1.82) is 0 Å². The van der Waals surface area contributed by atoms with E-state index < -0.39 is 11.6 Å². The van der Waals surface area contributed by atoms with Crippen LogP contribution in [0, 0.1) is 11.6 Å². The minimum Gasteiger partial charge on any atom is -0.497 e. The Bertz CT molecular complexity index is 590. The molecule has 0 bridgehead atoms. The fourth-order valence-electron chi connectivity index (χ4n) is 1.56. The number of methoxy groups -OCH3 is 1. The van der Waals surface area contributed by atoms with Crippen molar-refractivity contribution in [2.45, 2.75) is 10.6 Å². The summed E-state index contributed by atoms with van der Waals surface area (Å²) in [7, 11) is 1.58. The number of thioether (sulfide) groups is 1. The Kier molecular flexibility index (Phi) is 4.27. The summed E-state index contributed by atoms with van der Waals surface area (Å²) in [4.78, 5) is 0.851. The Balaban J connectivity index is 2.11. The average molecular weight is 281 g/mol. The molecule has 0 aliphatic rings. The first-order valence-electron chi connectivity index (χ1n) is 5.60. The van der Waals surface area contributed by atoms with Crippen molar-refractivity contribution in [1.82, 2.24) is 0 Å². The van der Waals surface area contributed by atoms with Crippen LogP contribution in [0.3, 0.4) is 0 Å². The molecule has 0 aromatic heterocycles. The predicted octanol–water partition coefficient (Wildman–Crippen LogP) is 3.85. The lowest BCUT2D eigenvalue weighted by Crippen LogP contribution is -1.92. The van der Waals surface area contributed by atoms with Gasteiger partial charge in [-0.15, -0.1) is 11.8 Å². The summed E-state index contributed by atoms with van der Waals surface area (Å²) < 4.78 is 31.0. The van der Waals surface area contributed by atoms with Gasteiger partial charge in [-0.2, -0.15) is 0 Å². The van der Waals surface area contributed by atoms with Crippen molar-refractivity contribution in [2.75, 3.05) is 12.8 Å². The Hall–Kier alpha value is -1.75. The number of benzene rings is 2. The third kappa shape index (κ3) is 3.38. The second kappa shape index (κ2) is 5.93. The summed E-state index contributed by atoms with van der Waals surface area (Å²) in [5, 5.41) is 0. The van der Waals surface area contributed by atoms with Crippen molar-refractivity contribution >= 4 is 17.4 Å². The highest BCUT2D eigenvalue weighted by atomic mass is 32.2. The molecule has 2 aromatic rings. The maximum Gasteiger partial charge on any atom is 0.159 e. The second-order valence-electron chi connectivity index (χ2n) is 3.94. The summed E-state index contributed by atoms with van der Waals surface area (Å²) in [6.45, 7) is 0. The topological polar surface area (TPSA) is 35.2 Å². The van der Waals surface area contributed by atoms with Crippen molar-refractivity contribution in [2.24, 2.45) is 0 Å². The molecule has 0 aliphatic heterocycles. The van der Waals surface area contributed by atoms with Crippen LogP contribution in [0.5, 0.6) is 5.75 Å². The van der Waals surface area contributed by atoms with Gasteiger partial charge in [0.15, 0.2) is 11.6 Å². The molecule has 0 aliphatic carbocycles. The molecule has 0 saturated heterocycles. The van der Waals surface area contributed by atoms with Crippen molar-refractivity contribution in [3.63, 3.8) is 0 Å². The van der Waals surface area contributed by atoms with Crippen LogP contribution in [0.15, 0.2) is 41.3 Å². The van der Waals surface area contributed by atoms with Crippen molar-refractivity contribution in [3.05, 3.63) is 53.6 Å². The van der Waals surface area contributed by atoms with Gasteiger partial charge in [0.05, 0.1) is 7.11 Å². The second-order valence-corrected chi connectivity index (χ2v) is 4.96. The van der Waals surface area contributed by atoms with E-state index in [4.69, 9.17) is 10.5 Å². The highest BCUT2D eigenvalue weighted by Crippen LogP contribution is 2.31. The maximum absolute atomic E-state index is 13.1. The molecule has 2 nitrogen and oxygen atoms in total. The van der Waals surface area contributed by atoms with Crippen LogP contribution in [0.2, 0.25) is 0 Å². The van der Waals surface area contributed by atoms with E-state index in [2.05, 4.69) is 0 Å². The highest BCUT2D eigenvalue weighted by molar-refractivity contribution is 7.98. The van der Waals surface area contributed by atoms with E-state index in [1.54, 1.807) is 25.3 Å². The van der Waals surface area contributed by atoms with Crippen LogP contribution in [-0.4, -0.2) is 7.11 Å². The number of ether oxygens (including phenoxy) is 1. The summed E-state index contributed by atoms with van der Waals surface area (Å²) >= 11 is 1.45. The first-order chi connectivity index (χ1) is 9.10. The highest BCUT2D eigenvalue weighted by Gasteiger charge is 2.06. The molecule has 0 radical (unpaired) electrons. The maximum atomic E-state index is 13.1. The molecule has 0 atom stereocenters. The Morgan fingerprint density at radius 1 is 1.11 bits per heavy atom. The third-order valence-electron chi connectivity index (χ3n) is 2.60. The van der Waals surface area contributed by atoms with Gasteiger partial charge in [-0.3, -0.25) is 0 Å². The number of nitrogens with two attached hydrogens (primary N) is 1. The largest absolute Gasteiger partial charge is 0.497 e. The summed E-state index contributed by atoms with van der Waals surface area (Å²) in [6.07, 6.45) is 0. The fraction of sp³-hybridized carbons (Fsp3) is 0.143. The van der Waals surface area contributed by atoms with Gasteiger partial charge in [0.25, 0.3) is 0 Å². The van der Waals surface area contributed by atoms with Crippen LogP contribution in [0.1, 0.15) is 5.56 Å². The molecule has 0 unspecified atom stereocenters. The van der Waals surface area contributed by atoms with E-state index in [-0.39, 0.29) is 0 Å². The number of nitrogen functional groups attached to an aromatic ring is 1. The van der Waals surface area contributed by atoms with Crippen LogP contribution >= 0.6 is 11.8 Å². The molecule has 19 heavy (non-hydrogen) atoms. The predicted molar refractivity (Wildman–Crippen MR) is 73.3 cm³/mol. The van der Waals surface area contributed by atoms with E-state index in [9.17, 15) is 8.78 Å². The van der Waals surface area contributed by atoms with E-state index in [1.807, 2.05) is 6.07 Å². The van der Waals surface area contributed by atoms with Crippen LogP contribution in [0.25, 0.3) is 0 Å². The standard InChI is InChI=1S/C14H13F2NOS/c1-18-10-3-5-13(17)14(7-10)19-8-9-2-4-11(15)12(16)6-9/h2-7H,8,17H2,1H3. The molecule has 2 rings (SSSR count). The Labute approximate surface area is 114 Å². The molecule has 0 fully saturated rings. The smallest absolute Gasteiger partial charge is 0.159 e. The lowest BCUT2D eigenvalue weighted by atomic mass is 10.2. The molecular weight excluding hydrogens is 268 g/mol. The number of hydrogen-bond acceptors (Lipinski definition) is 3. The van der Waals surface area contributed by atoms with Crippen LogP contribution < -0.4 is 10.5 Å². The monoisotopic (exact) mass is 281 g/mol. The van der Waals surface area contributed by atoms with Crippen molar-refractivity contribution < 1.29 is 13.5 Å². The van der Waals surface area contributed by atoms with Crippen LogP contribution in [-0.2, 0) is 5.75 Å². The minimum atomic E-state index is -0.838. The molecule has 2 N–H and O–H groups in total. The lowest BCUT2D eigenvalue weighted by molar-refractivity contribution is 0.414. The first kappa shape index (κ1) is 13.7. The lowest BCUT2D eigenvalue weighted by Gasteiger charge is -2.08. The van der Waals surface area contributed by atoms with E-state index in [1.165, 1.54) is 17.8 Å². The molecule has 0 spiro atoms. The van der Waals surface area contributed by atoms with Gasteiger partial charge in [-0.25, -0.2) is 8.78 Å². The van der Waals surface area contributed by atoms with Gasteiger partial charge < -0.3 is 10.5 Å². The average Bonchev–Trinajstić information content (AvgIpc) is 2.41. The zero-order chi connectivity index (χ0) is 13.8. The van der Waals surface area contributed by atoms with Gasteiger partial charge in [0.1, 0.15) is 5.75 Å². The fourth-order valence-corrected chi connectivity index (χ4v) is 2.49. The molecule has 0 heterocycles. The van der Waals surface area contributed by atoms with Gasteiger partial charge in [-0.05, 0) is 35.9 Å². The molecule has 5 heteroatoms. The molecule has 0 saturated carbocycles. The molecule has 2 aromatic carbocycles. The third-order valence-corrected chi connectivity index (χ3v) is 3.74. The van der Waals surface area contributed by atoms with Gasteiger partial charge in [-0.1, -0.05) is 6.07 Å². The summed E-state index contributed by atoms with van der Waals surface area (Å²) in [5.41, 5.74) is 7.18. The minimum absolute atomic E-state index is 0.508. The van der Waals surface area contributed by atoms with E-state index >= 15 is 0 Å².